The molecule has 452 valence electrons. The topological polar surface area (TPSA) is 78.9 Å². The third-order valence-electron chi connectivity index (χ3n) is 15.6. The lowest BCUT2D eigenvalue weighted by molar-refractivity contribution is -0.167. The Bertz CT molecular complexity index is 1290. The van der Waals surface area contributed by atoms with Gasteiger partial charge in [0.1, 0.15) is 13.2 Å². The van der Waals surface area contributed by atoms with Crippen molar-refractivity contribution in [3.63, 3.8) is 0 Å². The predicted molar refractivity (Wildman–Crippen MR) is 335 cm³/mol. The third kappa shape index (κ3) is 64.3. The first-order valence-corrected chi connectivity index (χ1v) is 34.5. The van der Waals surface area contributed by atoms with Gasteiger partial charge < -0.3 is 14.2 Å². The van der Waals surface area contributed by atoms with Crippen LogP contribution < -0.4 is 0 Å². The summed E-state index contributed by atoms with van der Waals surface area (Å²) in [5, 5.41) is 0. The summed E-state index contributed by atoms with van der Waals surface area (Å²) in [6, 6.07) is 0. The van der Waals surface area contributed by atoms with Crippen LogP contribution in [-0.2, 0) is 28.6 Å². The van der Waals surface area contributed by atoms with Crippen LogP contribution in [0, 0.1) is 0 Å². The van der Waals surface area contributed by atoms with Gasteiger partial charge in [-0.1, -0.05) is 340 Å². The summed E-state index contributed by atoms with van der Waals surface area (Å²) in [5.74, 6) is -0.865. The number of unbranched alkanes of at least 4 members (excludes halogenated alkanes) is 47. The van der Waals surface area contributed by atoms with E-state index >= 15 is 0 Å². The molecule has 6 nitrogen and oxygen atoms in total. The van der Waals surface area contributed by atoms with E-state index in [4.69, 9.17) is 14.2 Å². The number of allylic oxidation sites excluding steroid dienone is 6. The zero-order valence-electron chi connectivity index (χ0n) is 52.0. The molecular weight excluding hydrogens is 949 g/mol. The molecule has 0 aromatic carbocycles. The summed E-state index contributed by atoms with van der Waals surface area (Å²) in [7, 11) is 0. The molecule has 0 aromatic rings. The first-order valence-electron chi connectivity index (χ1n) is 34.5. The van der Waals surface area contributed by atoms with Crippen LogP contribution in [0.1, 0.15) is 380 Å². The minimum Gasteiger partial charge on any atom is -0.462 e. The van der Waals surface area contributed by atoms with Gasteiger partial charge in [0.05, 0.1) is 0 Å². The Morgan fingerprint density at radius 1 is 0.260 bits per heavy atom. The molecule has 0 spiro atoms. The highest BCUT2D eigenvalue weighted by molar-refractivity contribution is 5.71. The number of rotatable bonds is 64. The molecule has 0 N–H and O–H groups in total. The Morgan fingerprint density at radius 3 is 0.753 bits per heavy atom. The molecular formula is C71H132O6. The van der Waals surface area contributed by atoms with E-state index in [2.05, 4.69) is 57.2 Å². The summed E-state index contributed by atoms with van der Waals surface area (Å²) in [6.45, 7) is 6.64. The molecule has 1 atom stereocenters. The maximum Gasteiger partial charge on any atom is 0.306 e. The SMILES string of the molecule is CCCCC/C=C\C/C=C\C/C=C\CCCCCCCCC(=O)OC(COC(=O)CCCCCCCCCCC)COC(=O)CCCCCCCCCCCCCCCCCCCCCCCCCCCCCCCCC. The van der Waals surface area contributed by atoms with Crippen molar-refractivity contribution in [2.45, 2.75) is 386 Å². The van der Waals surface area contributed by atoms with Crippen LogP contribution in [-0.4, -0.2) is 37.2 Å². The first kappa shape index (κ1) is 74.6. The molecule has 0 heterocycles. The Morgan fingerprint density at radius 2 is 0.468 bits per heavy atom. The zero-order chi connectivity index (χ0) is 55.7. The van der Waals surface area contributed by atoms with Crippen molar-refractivity contribution in [3.8, 4) is 0 Å². The second kappa shape index (κ2) is 66.1. The minimum atomic E-state index is -0.775. The van der Waals surface area contributed by atoms with Crippen LogP contribution in [0.4, 0.5) is 0 Å². The maximum atomic E-state index is 12.9. The summed E-state index contributed by atoms with van der Waals surface area (Å²) in [6.07, 6.45) is 81.9. The lowest BCUT2D eigenvalue weighted by atomic mass is 10.0. The van der Waals surface area contributed by atoms with Crippen LogP contribution in [0.3, 0.4) is 0 Å². The van der Waals surface area contributed by atoms with Gasteiger partial charge in [-0.25, -0.2) is 0 Å². The lowest BCUT2D eigenvalue weighted by Gasteiger charge is -2.18. The Balaban J connectivity index is 4.06. The van der Waals surface area contributed by atoms with Gasteiger partial charge >= 0.3 is 17.9 Å². The lowest BCUT2D eigenvalue weighted by Crippen LogP contribution is -2.30. The van der Waals surface area contributed by atoms with Gasteiger partial charge in [-0.2, -0.15) is 0 Å². The van der Waals surface area contributed by atoms with Crippen molar-refractivity contribution < 1.29 is 28.6 Å². The molecule has 0 aliphatic heterocycles. The van der Waals surface area contributed by atoms with Crippen LogP contribution >= 0.6 is 0 Å². The van der Waals surface area contributed by atoms with Crippen LogP contribution in [0.25, 0.3) is 0 Å². The van der Waals surface area contributed by atoms with Crippen LogP contribution in [0.5, 0.6) is 0 Å². The summed E-state index contributed by atoms with van der Waals surface area (Å²) in [5.41, 5.74) is 0. The molecule has 0 saturated heterocycles. The number of carbonyl (C=O) groups is 3. The number of esters is 3. The fraction of sp³-hybridized carbons (Fsp3) is 0.873. The second-order valence-corrected chi connectivity index (χ2v) is 23.5. The fourth-order valence-corrected chi connectivity index (χ4v) is 10.5. The van der Waals surface area contributed by atoms with E-state index in [-0.39, 0.29) is 31.1 Å². The highest BCUT2D eigenvalue weighted by atomic mass is 16.6. The highest BCUT2D eigenvalue weighted by Gasteiger charge is 2.19. The summed E-state index contributed by atoms with van der Waals surface area (Å²) in [4.78, 5) is 38.2. The van der Waals surface area contributed by atoms with E-state index in [0.29, 0.717) is 19.3 Å². The molecule has 0 amide bonds. The van der Waals surface area contributed by atoms with E-state index in [0.717, 1.165) is 77.0 Å². The minimum absolute atomic E-state index is 0.0727. The summed E-state index contributed by atoms with van der Waals surface area (Å²) < 4.78 is 16.9. The van der Waals surface area contributed by atoms with Gasteiger partial charge in [-0.05, 0) is 57.8 Å². The monoisotopic (exact) mass is 1080 g/mol. The van der Waals surface area contributed by atoms with Crippen LogP contribution in [0.2, 0.25) is 0 Å². The third-order valence-corrected chi connectivity index (χ3v) is 15.6. The average Bonchev–Trinajstić information content (AvgIpc) is 3.43. The van der Waals surface area contributed by atoms with Crippen molar-refractivity contribution in [2.24, 2.45) is 0 Å². The molecule has 0 rings (SSSR count). The Labute approximate surface area is 480 Å². The Hall–Kier alpha value is -2.37. The molecule has 0 radical (unpaired) electrons. The zero-order valence-corrected chi connectivity index (χ0v) is 52.0. The van der Waals surface area contributed by atoms with Crippen molar-refractivity contribution >= 4 is 17.9 Å². The average molecular weight is 1080 g/mol. The first-order chi connectivity index (χ1) is 38.0. The van der Waals surface area contributed by atoms with E-state index in [1.165, 1.54) is 263 Å². The highest BCUT2D eigenvalue weighted by Crippen LogP contribution is 2.18. The molecule has 77 heavy (non-hydrogen) atoms. The standard InChI is InChI=1S/C71H132O6/c1-4-7-10-13-16-19-21-23-25-27-29-30-31-32-33-34-35-36-37-38-39-40-42-43-45-47-49-52-55-58-61-64-70(73)76-67-68(66-75-69(72)63-60-57-54-51-18-15-12-9-6-3)77-71(74)65-62-59-56-53-50-48-46-44-41-28-26-24-22-20-17-14-11-8-5-2/h17,20,24,26,41,44,68H,4-16,18-19,21-23,25,27-40,42-43,45-67H2,1-3H3/b20-17-,26-24-,44-41-. The van der Waals surface area contributed by atoms with Gasteiger partial charge in [-0.15, -0.1) is 0 Å². The number of carbonyl (C=O) groups excluding carboxylic acids is 3. The maximum absolute atomic E-state index is 12.9. The van der Waals surface area contributed by atoms with Crippen molar-refractivity contribution in [1.82, 2.24) is 0 Å². The van der Waals surface area contributed by atoms with Gasteiger partial charge in [0.2, 0.25) is 0 Å². The quantitative estimate of drug-likeness (QED) is 0.0261. The van der Waals surface area contributed by atoms with Crippen molar-refractivity contribution in [1.29, 1.82) is 0 Å². The van der Waals surface area contributed by atoms with Crippen LogP contribution in [0.15, 0.2) is 36.5 Å². The number of hydrogen-bond donors (Lipinski definition) is 0. The van der Waals surface area contributed by atoms with E-state index in [1.54, 1.807) is 0 Å². The second-order valence-electron chi connectivity index (χ2n) is 23.5. The smallest absolute Gasteiger partial charge is 0.306 e. The molecule has 0 aliphatic carbocycles. The molecule has 0 aromatic heterocycles. The largest absolute Gasteiger partial charge is 0.462 e. The molecule has 0 bridgehead atoms. The fourth-order valence-electron chi connectivity index (χ4n) is 10.5. The van der Waals surface area contributed by atoms with Gasteiger partial charge in [-0.3, -0.25) is 14.4 Å². The summed E-state index contributed by atoms with van der Waals surface area (Å²) >= 11 is 0. The van der Waals surface area contributed by atoms with Crippen molar-refractivity contribution in [2.75, 3.05) is 13.2 Å². The molecule has 0 aliphatic rings. The molecule has 1 unspecified atom stereocenters. The van der Waals surface area contributed by atoms with E-state index in [1.807, 2.05) is 0 Å². The number of ether oxygens (including phenoxy) is 3. The van der Waals surface area contributed by atoms with Gasteiger partial charge in [0, 0.05) is 19.3 Å². The molecule has 0 fully saturated rings. The molecule has 0 saturated carbocycles. The van der Waals surface area contributed by atoms with Gasteiger partial charge in [0.15, 0.2) is 6.10 Å². The molecule has 6 heteroatoms. The number of hydrogen-bond acceptors (Lipinski definition) is 6. The van der Waals surface area contributed by atoms with Gasteiger partial charge in [0.25, 0.3) is 0 Å². The van der Waals surface area contributed by atoms with Crippen molar-refractivity contribution in [3.05, 3.63) is 36.5 Å². The normalized spacial score (nSPS) is 12.2. The predicted octanol–water partition coefficient (Wildman–Crippen LogP) is 23.6. The Kier molecular flexibility index (Phi) is 64.1. The van der Waals surface area contributed by atoms with E-state index < -0.39 is 6.10 Å². The van der Waals surface area contributed by atoms with E-state index in [9.17, 15) is 14.4 Å².